The molecule has 1 fully saturated rings. The van der Waals surface area contributed by atoms with Crippen LogP contribution in [0.2, 0.25) is 0 Å². The van der Waals surface area contributed by atoms with Crippen LogP contribution >= 0.6 is 0 Å². The first-order valence-electron chi connectivity index (χ1n) is 9.48. The van der Waals surface area contributed by atoms with Crippen LogP contribution in [0, 0.1) is 16.0 Å². The molecule has 0 bridgehead atoms. The zero-order valence-corrected chi connectivity index (χ0v) is 16.9. The molecule has 0 aromatic heterocycles. The van der Waals surface area contributed by atoms with Gasteiger partial charge in [0, 0.05) is 19.2 Å². The second-order valence-corrected chi connectivity index (χ2v) is 8.83. The number of rotatable bonds is 9. The Morgan fingerprint density at radius 3 is 2.32 bits per heavy atom. The van der Waals surface area contributed by atoms with Crippen LogP contribution < -0.4 is 5.32 Å². The number of benzene rings is 2. The Morgan fingerprint density at radius 1 is 1.14 bits per heavy atom. The van der Waals surface area contributed by atoms with E-state index in [0.29, 0.717) is 24.7 Å². The summed E-state index contributed by atoms with van der Waals surface area (Å²) < 4.78 is 26.7. The fourth-order valence-corrected chi connectivity index (χ4v) is 4.87. The van der Waals surface area contributed by atoms with Gasteiger partial charge in [-0.2, -0.15) is 4.31 Å². The fourth-order valence-electron chi connectivity index (χ4n) is 3.39. The molecule has 0 spiro atoms. The summed E-state index contributed by atoms with van der Waals surface area (Å²) in [6.07, 6.45) is 2.13. The summed E-state index contributed by atoms with van der Waals surface area (Å²) in [6, 6.07) is 13.9. The number of anilines is 1. The zero-order valence-electron chi connectivity index (χ0n) is 16.0. The lowest BCUT2D eigenvalue weighted by molar-refractivity contribution is -0.384. The number of nitrogens with one attached hydrogen (secondary N) is 1. The van der Waals surface area contributed by atoms with Crippen molar-refractivity contribution in [2.45, 2.75) is 37.6 Å². The van der Waals surface area contributed by atoms with E-state index in [1.165, 1.54) is 16.4 Å². The number of nitrogens with zero attached hydrogens (tertiary/aromatic N) is 2. The average Bonchev–Trinajstić information content (AvgIpc) is 3.52. The van der Waals surface area contributed by atoms with Gasteiger partial charge in [0.2, 0.25) is 10.0 Å². The molecule has 28 heavy (non-hydrogen) atoms. The van der Waals surface area contributed by atoms with Crippen molar-refractivity contribution in [1.82, 2.24) is 4.31 Å². The van der Waals surface area contributed by atoms with Crippen LogP contribution in [0.15, 0.2) is 53.4 Å². The second-order valence-electron chi connectivity index (χ2n) is 6.90. The highest BCUT2D eigenvalue weighted by Gasteiger charge is 2.34. The molecule has 8 heteroatoms. The molecule has 7 nitrogen and oxygen atoms in total. The molecule has 1 N–H and O–H groups in total. The minimum atomic E-state index is -3.76. The summed E-state index contributed by atoms with van der Waals surface area (Å²) >= 11 is 0. The summed E-state index contributed by atoms with van der Waals surface area (Å²) in [5.41, 5.74) is 1.18. The van der Waals surface area contributed by atoms with Crippen molar-refractivity contribution in [3.8, 4) is 0 Å². The number of nitro benzene ring substituents is 1. The molecule has 0 saturated heterocycles. The molecule has 1 aliphatic rings. The molecule has 3 rings (SSSR count). The van der Waals surface area contributed by atoms with Gasteiger partial charge in [0.25, 0.3) is 5.69 Å². The lowest BCUT2D eigenvalue weighted by Crippen LogP contribution is -2.30. The maximum Gasteiger partial charge on any atom is 0.293 e. The topological polar surface area (TPSA) is 92.6 Å². The van der Waals surface area contributed by atoms with Crippen LogP contribution in [0.5, 0.6) is 0 Å². The maximum atomic E-state index is 12.7. The van der Waals surface area contributed by atoms with Gasteiger partial charge in [-0.3, -0.25) is 10.1 Å². The molecule has 0 heterocycles. The molecule has 1 atom stereocenters. The molecule has 2 aromatic rings. The van der Waals surface area contributed by atoms with Crippen molar-refractivity contribution in [3.63, 3.8) is 0 Å². The minimum absolute atomic E-state index is 0.0369. The van der Waals surface area contributed by atoms with Gasteiger partial charge >= 0.3 is 0 Å². The smallest absolute Gasteiger partial charge is 0.293 e. The van der Waals surface area contributed by atoms with E-state index >= 15 is 0 Å². The lowest BCUT2D eigenvalue weighted by atomic mass is 10.0. The molecule has 2 aromatic carbocycles. The van der Waals surface area contributed by atoms with Crippen molar-refractivity contribution < 1.29 is 13.3 Å². The standard InChI is InChI=1S/C20H25N3O4S/c1-3-22(4-2)28(26,27)17-12-13-18(19(14-17)23(24)25)21-20(16-10-11-16)15-8-6-5-7-9-15/h5-9,12-14,16,20-21H,3-4,10-11H2,1-2H3/t20-/m1/s1. The first kappa shape index (κ1) is 20.3. The normalized spacial score (nSPS) is 15.4. The van der Waals surface area contributed by atoms with Crippen molar-refractivity contribution in [1.29, 1.82) is 0 Å². The molecule has 0 unspecified atom stereocenters. The Balaban J connectivity index is 1.97. The second kappa shape index (κ2) is 8.28. The van der Waals surface area contributed by atoms with Crippen molar-refractivity contribution >= 4 is 21.4 Å². The summed E-state index contributed by atoms with van der Waals surface area (Å²) in [5.74, 6) is 0.418. The summed E-state index contributed by atoms with van der Waals surface area (Å²) in [5, 5.41) is 15.0. The molecule has 1 aliphatic carbocycles. The molecular weight excluding hydrogens is 378 g/mol. The molecule has 0 aliphatic heterocycles. The van der Waals surface area contributed by atoms with Gasteiger partial charge in [-0.05, 0) is 36.5 Å². The van der Waals surface area contributed by atoms with Gasteiger partial charge in [-0.25, -0.2) is 8.42 Å². The van der Waals surface area contributed by atoms with Crippen molar-refractivity contribution in [2.24, 2.45) is 5.92 Å². The molecule has 0 amide bonds. The van der Waals surface area contributed by atoms with E-state index in [1.54, 1.807) is 13.8 Å². The van der Waals surface area contributed by atoms with Crippen LogP contribution in [0.4, 0.5) is 11.4 Å². The first-order chi connectivity index (χ1) is 13.4. The van der Waals surface area contributed by atoms with Crippen LogP contribution in [0.25, 0.3) is 0 Å². The van der Waals surface area contributed by atoms with Gasteiger partial charge in [0.05, 0.1) is 15.9 Å². The fraction of sp³-hybridized carbons (Fsp3) is 0.400. The van der Waals surface area contributed by atoms with Gasteiger partial charge in [0.1, 0.15) is 5.69 Å². The highest BCUT2D eigenvalue weighted by Crippen LogP contribution is 2.44. The maximum absolute atomic E-state index is 12.7. The zero-order chi connectivity index (χ0) is 20.3. The van der Waals surface area contributed by atoms with Gasteiger partial charge in [-0.1, -0.05) is 44.2 Å². The average molecular weight is 404 g/mol. The largest absolute Gasteiger partial charge is 0.372 e. The number of hydrogen-bond donors (Lipinski definition) is 1. The van der Waals surface area contributed by atoms with E-state index in [9.17, 15) is 18.5 Å². The number of hydrogen-bond acceptors (Lipinski definition) is 5. The SMILES string of the molecule is CCN(CC)S(=O)(=O)c1ccc(N[C@H](c2ccccc2)C2CC2)c([N+](=O)[O-])c1. The number of sulfonamides is 1. The highest BCUT2D eigenvalue weighted by atomic mass is 32.2. The molecule has 150 valence electrons. The van der Waals surface area contributed by atoms with Crippen LogP contribution in [0.3, 0.4) is 0 Å². The first-order valence-corrected chi connectivity index (χ1v) is 10.9. The van der Waals surface area contributed by atoms with E-state index in [2.05, 4.69) is 5.32 Å². The highest BCUT2D eigenvalue weighted by molar-refractivity contribution is 7.89. The van der Waals surface area contributed by atoms with Gasteiger partial charge < -0.3 is 5.32 Å². The van der Waals surface area contributed by atoms with Crippen LogP contribution in [-0.2, 0) is 10.0 Å². The van der Waals surface area contributed by atoms with E-state index in [0.717, 1.165) is 24.5 Å². The number of nitro groups is 1. The van der Waals surface area contributed by atoms with Crippen LogP contribution in [0.1, 0.15) is 38.3 Å². The van der Waals surface area contributed by atoms with Crippen molar-refractivity contribution in [2.75, 3.05) is 18.4 Å². The van der Waals surface area contributed by atoms with E-state index in [1.807, 2.05) is 30.3 Å². The van der Waals surface area contributed by atoms with E-state index in [-0.39, 0.29) is 16.6 Å². The summed E-state index contributed by atoms with van der Waals surface area (Å²) in [7, 11) is -3.76. The molecule has 1 saturated carbocycles. The summed E-state index contributed by atoms with van der Waals surface area (Å²) in [4.78, 5) is 11.1. The van der Waals surface area contributed by atoms with Gasteiger partial charge in [0.15, 0.2) is 0 Å². The Bertz CT molecular complexity index is 939. The third-order valence-corrected chi connectivity index (χ3v) is 7.12. The molecule has 0 radical (unpaired) electrons. The monoisotopic (exact) mass is 403 g/mol. The Morgan fingerprint density at radius 2 is 1.79 bits per heavy atom. The Kier molecular flexibility index (Phi) is 6.00. The third kappa shape index (κ3) is 4.18. The van der Waals surface area contributed by atoms with Crippen molar-refractivity contribution in [3.05, 3.63) is 64.2 Å². The third-order valence-electron chi connectivity index (χ3n) is 5.07. The molecular formula is C20H25N3O4S. The predicted octanol–water partition coefficient (Wildman–Crippen LogP) is 4.19. The predicted molar refractivity (Wildman–Crippen MR) is 109 cm³/mol. The van der Waals surface area contributed by atoms with E-state index < -0.39 is 14.9 Å². The Labute approximate surface area is 165 Å². The Hall–Kier alpha value is -2.45. The summed E-state index contributed by atoms with van der Waals surface area (Å²) in [6.45, 7) is 4.10. The quantitative estimate of drug-likeness (QED) is 0.501. The lowest BCUT2D eigenvalue weighted by Gasteiger charge is -2.21. The minimum Gasteiger partial charge on any atom is -0.372 e. The van der Waals surface area contributed by atoms with Gasteiger partial charge in [-0.15, -0.1) is 0 Å². The van der Waals surface area contributed by atoms with E-state index in [4.69, 9.17) is 0 Å². The van der Waals surface area contributed by atoms with Crippen LogP contribution in [-0.4, -0.2) is 30.7 Å².